The topological polar surface area (TPSA) is 75.6 Å². The fraction of sp³-hybridized carbons (Fsp3) is 0.600. The van der Waals surface area contributed by atoms with Gasteiger partial charge in [-0.2, -0.15) is 0 Å². The number of hydrogen-bond acceptors (Lipinski definition) is 3. The first-order valence-corrected chi connectivity index (χ1v) is 9.07. The van der Waals surface area contributed by atoms with E-state index in [1.54, 1.807) is 0 Å². The van der Waals surface area contributed by atoms with Crippen molar-refractivity contribution in [2.75, 3.05) is 19.8 Å². The maximum atomic E-state index is 13.2. The second kappa shape index (κ2) is 8.00. The lowest BCUT2D eigenvalue weighted by atomic mass is 9.71. The summed E-state index contributed by atoms with van der Waals surface area (Å²) in [7, 11) is 0. The minimum absolute atomic E-state index is 0.0855. The van der Waals surface area contributed by atoms with Crippen LogP contribution < -0.4 is 5.32 Å². The third-order valence-electron chi connectivity index (χ3n) is 5.84. The Morgan fingerprint density at radius 1 is 1.20 bits per heavy atom. The average molecular weight is 347 g/mol. The first-order chi connectivity index (χ1) is 11.9. The summed E-state index contributed by atoms with van der Waals surface area (Å²) in [6.45, 7) is 6.95. The van der Waals surface area contributed by atoms with Gasteiger partial charge in [-0.25, -0.2) is 0 Å². The predicted molar refractivity (Wildman–Crippen MR) is 96.6 cm³/mol. The molecule has 1 aliphatic rings. The summed E-state index contributed by atoms with van der Waals surface area (Å²) in [5, 5.41) is 12.6. The zero-order chi connectivity index (χ0) is 18.5. The minimum Gasteiger partial charge on any atom is -0.481 e. The van der Waals surface area contributed by atoms with E-state index in [1.165, 1.54) is 0 Å². The Morgan fingerprint density at radius 3 is 2.32 bits per heavy atom. The van der Waals surface area contributed by atoms with E-state index in [-0.39, 0.29) is 12.5 Å². The molecular formula is C20H29NO4. The Labute approximate surface area is 149 Å². The molecule has 0 atom stereocenters. The lowest BCUT2D eigenvalue weighted by Gasteiger charge is -2.38. The van der Waals surface area contributed by atoms with Crippen molar-refractivity contribution < 1.29 is 19.4 Å². The molecular weight excluding hydrogens is 318 g/mol. The molecule has 0 saturated carbocycles. The van der Waals surface area contributed by atoms with Gasteiger partial charge in [0.25, 0.3) is 0 Å². The van der Waals surface area contributed by atoms with Crippen LogP contribution in [-0.2, 0) is 19.7 Å². The highest BCUT2D eigenvalue weighted by molar-refractivity contribution is 5.89. The van der Waals surface area contributed by atoms with Crippen molar-refractivity contribution in [3.8, 4) is 0 Å². The van der Waals surface area contributed by atoms with Crippen molar-refractivity contribution in [1.29, 1.82) is 0 Å². The van der Waals surface area contributed by atoms with Gasteiger partial charge in [-0.15, -0.1) is 0 Å². The van der Waals surface area contributed by atoms with Crippen LogP contribution in [-0.4, -0.2) is 36.7 Å². The monoisotopic (exact) mass is 347 g/mol. The van der Waals surface area contributed by atoms with E-state index in [4.69, 9.17) is 4.74 Å². The molecule has 0 spiro atoms. The molecule has 1 heterocycles. The molecule has 1 saturated heterocycles. The summed E-state index contributed by atoms with van der Waals surface area (Å²) in [4.78, 5) is 24.9. The Morgan fingerprint density at radius 2 is 1.80 bits per heavy atom. The van der Waals surface area contributed by atoms with Gasteiger partial charge in [-0.05, 0) is 43.7 Å². The number of carbonyl (C=O) groups is 2. The number of aryl methyl sites for hydroxylation is 1. The van der Waals surface area contributed by atoms with E-state index in [2.05, 4.69) is 5.32 Å². The molecule has 1 amide bonds. The zero-order valence-electron chi connectivity index (χ0n) is 15.4. The van der Waals surface area contributed by atoms with Crippen LogP contribution >= 0.6 is 0 Å². The Kier molecular flexibility index (Phi) is 6.22. The lowest BCUT2D eigenvalue weighted by molar-refractivity contribution is -0.149. The SMILES string of the molecule is CCC(CC)(CNC(=O)C1(c2ccccc2C)CCOCC1)C(=O)O. The number of carboxylic acid groups (broad SMARTS) is 1. The summed E-state index contributed by atoms with van der Waals surface area (Å²) in [6, 6.07) is 7.93. The van der Waals surface area contributed by atoms with Gasteiger partial charge in [0, 0.05) is 19.8 Å². The summed E-state index contributed by atoms with van der Waals surface area (Å²) in [5.41, 5.74) is 0.544. The normalized spacial score (nSPS) is 17.1. The molecule has 1 aromatic carbocycles. The van der Waals surface area contributed by atoms with Crippen LogP contribution in [0, 0.1) is 12.3 Å². The first kappa shape index (κ1) is 19.4. The maximum Gasteiger partial charge on any atom is 0.311 e. The van der Waals surface area contributed by atoms with E-state index in [0.29, 0.717) is 38.9 Å². The molecule has 2 rings (SSSR count). The van der Waals surface area contributed by atoms with Gasteiger partial charge >= 0.3 is 5.97 Å². The summed E-state index contributed by atoms with van der Waals surface area (Å²) >= 11 is 0. The second-order valence-corrected chi connectivity index (χ2v) is 6.98. The zero-order valence-corrected chi connectivity index (χ0v) is 15.4. The molecule has 138 valence electrons. The molecule has 0 radical (unpaired) electrons. The highest BCUT2D eigenvalue weighted by atomic mass is 16.5. The van der Waals surface area contributed by atoms with E-state index in [0.717, 1.165) is 11.1 Å². The van der Waals surface area contributed by atoms with Crippen LogP contribution in [0.1, 0.15) is 50.7 Å². The highest BCUT2D eigenvalue weighted by Crippen LogP contribution is 2.37. The minimum atomic E-state index is -0.909. The third-order valence-corrected chi connectivity index (χ3v) is 5.84. The highest BCUT2D eigenvalue weighted by Gasteiger charge is 2.44. The molecule has 0 aromatic heterocycles. The second-order valence-electron chi connectivity index (χ2n) is 6.98. The van der Waals surface area contributed by atoms with Gasteiger partial charge in [0.15, 0.2) is 0 Å². The van der Waals surface area contributed by atoms with Crippen LogP contribution in [0.2, 0.25) is 0 Å². The van der Waals surface area contributed by atoms with Crippen LogP contribution in [0.4, 0.5) is 0 Å². The molecule has 0 bridgehead atoms. The fourth-order valence-electron chi connectivity index (χ4n) is 3.75. The van der Waals surface area contributed by atoms with Gasteiger partial charge in [0.05, 0.1) is 10.8 Å². The number of carboxylic acids is 1. The maximum absolute atomic E-state index is 13.2. The number of amides is 1. The van der Waals surface area contributed by atoms with Crippen LogP contribution in [0.25, 0.3) is 0 Å². The van der Waals surface area contributed by atoms with Gasteiger partial charge < -0.3 is 15.2 Å². The molecule has 0 aliphatic carbocycles. The largest absolute Gasteiger partial charge is 0.481 e. The quantitative estimate of drug-likeness (QED) is 0.795. The first-order valence-electron chi connectivity index (χ1n) is 9.07. The number of nitrogens with one attached hydrogen (secondary N) is 1. The molecule has 1 aromatic rings. The van der Waals surface area contributed by atoms with E-state index in [1.807, 2.05) is 45.0 Å². The Bertz CT molecular complexity index is 616. The van der Waals surface area contributed by atoms with E-state index < -0.39 is 16.8 Å². The smallest absolute Gasteiger partial charge is 0.311 e. The number of hydrogen-bond donors (Lipinski definition) is 2. The third kappa shape index (κ3) is 3.71. The molecule has 5 nitrogen and oxygen atoms in total. The molecule has 0 unspecified atom stereocenters. The average Bonchev–Trinajstić information content (AvgIpc) is 2.63. The van der Waals surface area contributed by atoms with Crippen LogP contribution in [0.15, 0.2) is 24.3 Å². The Hall–Kier alpha value is -1.88. The molecule has 25 heavy (non-hydrogen) atoms. The number of benzene rings is 1. The van der Waals surface area contributed by atoms with Gasteiger partial charge in [-0.1, -0.05) is 38.1 Å². The van der Waals surface area contributed by atoms with E-state index in [9.17, 15) is 14.7 Å². The van der Waals surface area contributed by atoms with Gasteiger partial charge in [-0.3, -0.25) is 9.59 Å². The fourth-order valence-corrected chi connectivity index (χ4v) is 3.75. The van der Waals surface area contributed by atoms with E-state index >= 15 is 0 Å². The number of rotatable bonds is 7. The van der Waals surface area contributed by atoms with Gasteiger partial charge in [0.1, 0.15) is 0 Å². The summed E-state index contributed by atoms with van der Waals surface area (Å²) < 4.78 is 5.49. The van der Waals surface area contributed by atoms with Crippen molar-refractivity contribution in [3.05, 3.63) is 35.4 Å². The molecule has 5 heteroatoms. The van der Waals surface area contributed by atoms with Gasteiger partial charge in [0.2, 0.25) is 5.91 Å². The number of ether oxygens (including phenoxy) is 1. The lowest BCUT2D eigenvalue weighted by Crippen LogP contribution is -2.52. The molecule has 1 aliphatic heterocycles. The van der Waals surface area contributed by atoms with Crippen molar-refractivity contribution in [2.24, 2.45) is 5.41 Å². The van der Waals surface area contributed by atoms with Crippen molar-refractivity contribution >= 4 is 11.9 Å². The number of carbonyl (C=O) groups excluding carboxylic acids is 1. The van der Waals surface area contributed by atoms with Crippen molar-refractivity contribution in [1.82, 2.24) is 5.32 Å². The summed E-state index contributed by atoms with van der Waals surface area (Å²) in [5.74, 6) is -0.938. The Balaban J connectivity index is 2.29. The van der Waals surface area contributed by atoms with Crippen molar-refractivity contribution in [3.63, 3.8) is 0 Å². The van der Waals surface area contributed by atoms with Crippen LogP contribution in [0.3, 0.4) is 0 Å². The summed E-state index contributed by atoms with van der Waals surface area (Å²) in [6.07, 6.45) is 2.20. The number of aliphatic carboxylic acids is 1. The predicted octanol–water partition coefficient (Wildman–Crippen LogP) is 3.05. The molecule has 1 fully saturated rings. The van der Waals surface area contributed by atoms with Crippen LogP contribution in [0.5, 0.6) is 0 Å². The standard InChI is InChI=1S/C20H29NO4/c1-4-19(5-2,18(23)24)14-21-17(22)20(10-12-25-13-11-20)16-9-7-6-8-15(16)3/h6-9H,4-5,10-14H2,1-3H3,(H,21,22)(H,23,24). The molecule has 2 N–H and O–H groups in total. The van der Waals surface area contributed by atoms with Crippen molar-refractivity contribution in [2.45, 2.75) is 51.9 Å².